The van der Waals surface area contributed by atoms with Crippen LogP contribution in [0.4, 0.5) is 11.6 Å². The lowest BCUT2D eigenvalue weighted by atomic mass is 10.2. The molecule has 1 amide bonds. The van der Waals surface area contributed by atoms with Crippen LogP contribution < -0.4 is 15.4 Å². The Labute approximate surface area is 209 Å². The van der Waals surface area contributed by atoms with E-state index in [0.29, 0.717) is 35.3 Å². The van der Waals surface area contributed by atoms with Crippen LogP contribution in [-0.2, 0) is 4.74 Å². The Balaban J connectivity index is 1.21. The van der Waals surface area contributed by atoms with Gasteiger partial charge in [0.1, 0.15) is 11.4 Å². The van der Waals surface area contributed by atoms with E-state index in [-0.39, 0.29) is 5.91 Å². The largest absolute Gasteiger partial charge is 0.497 e. The van der Waals surface area contributed by atoms with Gasteiger partial charge in [-0.3, -0.25) is 14.7 Å². The standard InChI is InChI=1S/C26H29N7O3/c1-35-20-5-8-27-23(17-20)22-6-9-29-26(32-22)30-19-3-4-21-18(15-19)16-24(31-21)25(34)28-7-2-10-33-11-13-36-14-12-33/h3-6,8-9,15-17,31H,2,7,10-14H2,1H3,(H,28,34)(H,29,30,32). The number of carbonyl (C=O) groups excluding carboxylic acids is 1. The molecule has 1 fully saturated rings. The molecule has 4 aromatic rings. The maximum absolute atomic E-state index is 12.6. The molecule has 5 rings (SSSR count). The summed E-state index contributed by atoms with van der Waals surface area (Å²) >= 11 is 0. The number of fused-ring (bicyclic) bond motifs is 1. The van der Waals surface area contributed by atoms with Crippen LogP contribution in [0.25, 0.3) is 22.3 Å². The summed E-state index contributed by atoms with van der Waals surface area (Å²) in [6.07, 6.45) is 4.27. The Kier molecular flexibility index (Phi) is 7.34. The zero-order valence-corrected chi connectivity index (χ0v) is 20.2. The minimum atomic E-state index is -0.107. The number of carbonyl (C=O) groups is 1. The maximum Gasteiger partial charge on any atom is 0.267 e. The highest BCUT2D eigenvalue weighted by Crippen LogP contribution is 2.24. The molecule has 0 bridgehead atoms. The van der Waals surface area contributed by atoms with E-state index in [0.717, 1.165) is 55.9 Å². The molecule has 3 N–H and O–H groups in total. The Morgan fingerprint density at radius 2 is 1.94 bits per heavy atom. The average molecular weight is 488 g/mol. The number of aromatic nitrogens is 4. The minimum Gasteiger partial charge on any atom is -0.497 e. The van der Waals surface area contributed by atoms with Crippen molar-refractivity contribution in [3.05, 3.63) is 60.6 Å². The summed E-state index contributed by atoms with van der Waals surface area (Å²) in [5, 5.41) is 7.16. The van der Waals surface area contributed by atoms with Crippen LogP contribution in [0.2, 0.25) is 0 Å². The second-order valence-corrected chi connectivity index (χ2v) is 8.52. The number of benzene rings is 1. The van der Waals surface area contributed by atoms with Crippen molar-refractivity contribution in [1.82, 2.24) is 30.2 Å². The van der Waals surface area contributed by atoms with Gasteiger partial charge in [0.25, 0.3) is 5.91 Å². The smallest absolute Gasteiger partial charge is 0.267 e. The van der Waals surface area contributed by atoms with Crippen LogP contribution in [0.3, 0.4) is 0 Å². The number of methoxy groups -OCH3 is 1. The van der Waals surface area contributed by atoms with Crippen molar-refractivity contribution in [2.75, 3.05) is 51.8 Å². The number of ether oxygens (including phenoxy) is 2. The molecule has 0 spiro atoms. The Morgan fingerprint density at radius 3 is 2.81 bits per heavy atom. The van der Waals surface area contributed by atoms with E-state index in [1.807, 2.05) is 30.3 Å². The van der Waals surface area contributed by atoms with E-state index in [1.165, 1.54) is 0 Å². The van der Waals surface area contributed by atoms with Gasteiger partial charge in [-0.1, -0.05) is 0 Å². The molecule has 0 radical (unpaired) electrons. The molecule has 4 heterocycles. The van der Waals surface area contributed by atoms with Gasteiger partial charge >= 0.3 is 0 Å². The third-order valence-corrected chi connectivity index (χ3v) is 6.05. The average Bonchev–Trinajstić information content (AvgIpc) is 3.35. The van der Waals surface area contributed by atoms with Gasteiger partial charge in [0, 0.05) is 54.7 Å². The second-order valence-electron chi connectivity index (χ2n) is 8.52. The van der Waals surface area contributed by atoms with E-state index in [1.54, 1.807) is 31.6 Å². The van der Waals surface area contributed by atoms with E-state index < -0.39 is 0 Å². The molecule has 0 unspecified atom stereocenters. The lowest BCUT2D eigenvalue weighted by Gasteiger charge is -2.26. The summed E-state index contributed by atoms with van der Waals surface area (Å²) < 4.78 is 10.6. The summed E-state index contributed by atoms with van der Waals surface area (Å²) in [6, 6.07) is 13.1. The monoisotopic (exact) mass is 487 g/mol. The SMILES string of the molecule is COc1ccnc(-c2ccnc(Nc3ccc4[nH]c(C(=O)NCCCN5CCOCC5)cc4c3)n2)c1. The van der Waals surface area contributed by atoms with Crippen molar-refractivity contribution >= 4 is 28.4 Å². The van der Waals surface area contributed by atoms with Crippen LogP contribution in [0.1, 0.15) is 16.9 Å². The molecule has 10 nitrogen and oxygen atoms in total. The number of nitrogens with zero attached hydrogens (tertiary/aromatic N) is 4. The Bertz CT molecular complexity index is 1330. The molecule has 1 aromatic carbocycles. The second kappa shape index (κ2) is 11.1. The minimum absolute atomic E-state index is 0.107. The van der Waals surface area contributed by atoms with Crippen molar-refractivity contribution in [2.45, 2.75) is 6.42 Å². The van der Waals surface area contributed by atoms with Gasteiger partial charge in [-0.2, -0.15) is 0 Å². The number of anilines is 2. The summed E-state index contributed by atoms with van der Waals surface area (Å²) in [7, 11) is 1.62. The highest BCUT2D eigenvalue weighted by Gasteiger charge is 2.12. The lowest BCUT2D eigenvalue weighted by molar-refractivity contribution is 0.0374. The fourth-order valence-corrected chi connectivity index (χ4v) is 4.13. The number of amides is 1. The van der Waals surface area contributed by atoms with Crippen LogP contribution in [-0.4, -0.2) is 77.2 Å². The molecular formula is C26H29N7O3. The maximum atomic E-state index is 12.6. The fourth-order valence-electron chi connectivity index (χ4n) is 4.13. The predicted molar refractivity (Wildman–Crippen MR) is 138 cm³/mol. The molecule has 10 heteroatoms. The lowest BCUT2D eigenvalue weighted by Crippen LogP contribution is -2.38. The van der Waals surface area contributed by atoms with Crippen LogP contribution in [0.5, 0.6) is 5.75 Å². The number of rotatable bonds is 9. The molecule has 1 saturated heterocycles. The van der Waals surface area contributed by atoms with E-state index in [9.17, 15) is 4.79 Å². The number of hydrogen-bond donors (Lipinski definition) is 3. The van der Waals surface area contributed by atoms with Gasteiger partial charge in [-0.15, -0.1) is 0 Å². The third-order valence-electron chi connectivity index (χ3n) is 6.05. The summed E-state index contributed by atoms with van der Waals surface area (Å²) in [4.78, 5) is 31.5. The molecule has 3 aromatic heterocycles. The van der Waals surface area contributed by atoms with E-state index in [2.05, 4.69) is 35.5 Å². The van der Waals surface area contributed by atoms with Crippen molar-refractivity contribution in [3.63, 3.8) is 0 Å². The van der Waals surface area contributed by atoms with Gasteiger partial charge < -0.3 is 25.1 Å². The third kappa shape index (κ3) is 5.78. The molecule has 1 aliphatic rings. The van der Waals surface area contributed by atoms with Crippen LogP contribution in [0, 0.1) is 0 Å². The van der Waals surface area contributed by atoms with Gasteiger partial charge in [0.05, 0.1) is 31.7 Å². The van der Waals surface area contributed by atoms with Crippen molar-refractivity contribution in [3.8, 4) is 17.1 Å². The normalized spacial score (nSPS) is 14.0. The van der Waals surface area contributed by atoms with Crippen LogP contribution in [0.15, 0.2) is 54.9 Å². The highest BCUT2D eigenvalue weighted by molar-refractivity contribution is 5.98. The molecule has 0 atom stereocenters. The first-order chi connectivity index (χ1) is 17.7. The predicted octanol–water partition coefficient (Wildman–Crippen LogP) is 3.22. The summed E-state index contributed by atoms with van der Waals surface area (Å²) in [5.74, 6) is 1.05. The molecular weight excluding hydrogens is 458 g/mol. The number of nitrogens with one attached hydrogen (secondary N) is 3. The van der Waals surface area contributed by atoms with Crippen molar-refractivity contribution in [1.29, 1.82) is 0 Å². The number of H-pyrrole nitrogens is 1. The fraction of sp³-hybridized carbons (Fsp3) is 0.308. The van der Waals surface area contributed by atoms with E-state index >= 15 is 0 Å². The van der Waals surface area contributed by atoms with Gasteiger partial charge in [-0.05, 0) is 49.4 Å². The highest BCUT2D eigenvalue weighted by atomic mass is 16.5. The molecule has 0 saturated carbocycles. The molecule has 186 valence electrons. The van der Waals surface area contributed by atoms with Gasteiger partial charge in [0.15, 0.2) is 0 Å². The summed E-state index contributed by atoms with van der Waals surface area (Å²) in [5.41, 5.74) is 3.61. The Hall–Kier alpha value is -4.02. The molecule has 0 aliphatic carbocycles. The number of hydrogen-bond acceptors (Lipinski definition) is 8. The molecule has 36 heavy (non-hydrogen) atoms. The van der Waals surface area contributed by atoms with Crippen LogP contribution >= 0.6 is 0 Å². The first kappa shape index (κ1) is 23.7. The topological polar surface area (TPSA) is 117 Å². The molecule has 1 aliphatic heterocycles. The first-order valence-electron chi connectivity index (χ1n) is 12.0. The zero-order valence-electron chi connectivity index (χ0n) is 20.2. The Morgan fingerprint density at radius 1 is 1.08 bits per heavy atom. The summed E-state index contributed by atoms with van der Waals surface area (Å²) in [6.45, 7) is 5.08. The number of aromatic amines is 1. The van der Waals surface area contributed by atoms with E-state index in [4.69, 9.17) is 9.47 Å². The van der Waals surface area contributed by atoms with Gasteiger partial charge in [-0.25, -0.2) is 9.97 Å². The van der Waals surface area contributed by atoms with Gasteiger partial charge in [0.2, 0.25) is 5.95 Å². The number of morpholine rings is 1. The van der Waals surface area contributed by atoms with Crippen molar-refractivity contribution in [2.24, 2.45) is 0 Å². The quantitative estimate of drug-likeness (QED) is 0.308. The zero-order chi connectivity index (χ0) is 24.7. The van der Waals surface area contributed by atoms with Crippen molar-refractivity contribution < 1.29 is 14.3 Å². The first-order valence-corrected chi connectivity index (χ1v) is 12.0. The number of pyridine rings is 1.